The van der Waals surface area contributed by atoms with Crippen molar-refractivity contribution in [3.8, 4) is 17.2 Å². The van der Waals surface area contributed by atoms with E-state index in [4.69, 9.17) is 14.2 Å². The normalized spacial score (nSPS) is 15.8. The van der Waals surface area contributed by atoms with Crippen LogP contribution in [0.5, 0.6) is 17.2 Å². The predicted molar refractivity (Wildman–Crippen MR) is 113 cm³/mol. The molecule has 3 rings (SSSR count). The first kappa shape index (κ1) is 21.5. The third kappa shape index (κ3) is 5.23. The summed E-state index contributed by atoms with van der Waals surface area (Å²) in [6.45, 7) is 1.43. The molecule has 0 saturated carbocycles. The average molecular weight is 412 g/mol. The summed E-state index contributed by atoms with van der Waals surface area (Å²) >= 11 is 0. The number of carbonyl (C=O) groups is 2. The van der Waals surface area contributed by atoms with Gasteiger partial charge in [-0.2, -0.15) is 0 Å². The van der Waals surface area contributed by atoms with Crippen LogP contribution in [0.2, 0.25) is 0 Å². The van der Waals surface area contributed by atoms with E-state index in [-0.39, 0.29) is 24.2 Å². The van der Waals surface area contributed by atoms with Gasteiger partial charge in [-0.05, 0) is 41.8 Å². The highest BCUT2D eigenvalue weighted by atomic mass is 16.5. The first-order valence-electron chi connectivity index (χ1n) is 9.93. The number of nitrogens with zero attached hydrogens (tertiary/aromatic N) is 1. The van der Waals surface area contributed by atoms with E-state index in [0.717, 1.165) is 16.9 Å². The van der Waals surface area contributed by atoms with E-state index in [1.165, 1.54) is 0 Å². The summed E-state index contributed by atoms with van der Waals surface area (Å²) in [6, 6.07) is 13.3. The third-order valence-electron chi connectivity index (χ3n) is 5.28. The van der Waals surface area contributed by atoms with Crippen molar-refractivity contribution in [1.29, 1.82) is 0 Å². The lowest BCUT2D eigenvalue weighted by Crippen LogP contribution is -2.34. The number of ether oxygens (including phenoxy) is 3. The second-order valence-corrected chi connectivity index (χ2v) is 7.25. The number of hydrogen-bond donors (Lipinski definition) is 1. The Bertz CT molecular complexity index is 882. The third-order valence-corrected chi connectivity index (χ3v) is 5.28. The van der Waals surface area contributed by atoms with Gasteiger partial charge in [0, 0.05) is 26.1 Å². The van der Waals surface area contributed by atoms with Gasteiger partial charge in [-0.1, -0.05) is 18.2 Å². The second-order valence-electron chi connectivity index (χ2n) is 7.25. The zero-order chi connectivity index (χ0) is 21.5. The van der Waals surface area contributed by atoms with Crippen LogP contribution in [-0.2, 0) is 22.6 Å². The first-order valence-corrected chi connectivity index (χ1v) is 9.93. The van der Waals surface area contributed by atoms with E-state index in [9.17, 15) is 9.59 Å². The molecular formula is C23H28N2O5. The topological polar surface area (TPSA) is 77.1 Å². The molecule has 1 aliphatic rings. The number of amides is 2. The Balaban J connectivity index is 1.48. The van der Waals surface area contributed by atoms with Gasteiger partial charge in [0.15, 0.2) is 11.5 Å². The largest absolute Gasteiger partial charge is 0.497 e. The minimum atomic E-state index is -0.318. The fraction of sp³-hybridized carbons (Fsp3) is 0.391. The number of likely N-dealkylation sites (tertiary alicyclic amines) is 1. The van der Waals surface area contributed by atoms with E-state index in [1.807, 2.05) is 42.5 Å². The zero-order valence-corrected chi connectivity index (χ0v) is 17.6. The van der Waals surface area contributed by atoms with Crippen LogP contribution in [0.4, 0.5) is 0 Å². The van der Waals surface area contributed by atoms with Crippen LogP contribution in [0.3, 0.4) is 0 Å². The maximum atomic E-state index is 12.5. The number of hydrogen-bond acceptors (Lipinski definition) is 5. The highest BCUT2D eigenvalue weighted by Crippen LogP contribution is 2.27. The van der Waals surface area contributed by atoms with Crippen molar-refractivity contribution < 1.29 is 23.8 Å². The molecule has 1 fully saturated rings. The smallest absolute Gasteiger partial charge is 0.225 e. The Kier molecular flexibility index (Phi) is 7.17. The van der Waals surface area contributed by atoms with Crippen molar-refractivity contribution in [2.75, 3.05) is 34.4 Å². The molecule has 0 aliphatic carbocycles. The summed E-state index contributed by atoms with van der Waals surface area (Å²) in [6.07, 6.45) is 0.917. The highest BCUT2D eigenvalue weighted by Gasteiger charge is 2.34. The van der Waals surface area contributed by atoms with Gasteiger partial charge in [0.2, 0.25) is 11.8 Å². The standard InChI is InChI=1S/C23H28N2O5/c1-28-19-7-4-17(5-8-19)14-25-15-18(13-22(25)26)23(27)24-11-10-16-6-9-20(29-2)21(12-16)30-3/h4-9,12,18H,10-11,13-15H2,1-3H3,(H,24,27). The van der Waals surface area contributed by atoms with Crippen LogP contribution in [0.15, 0.2) is 42.5 Å². The van der Waals surface area contributed by atoms with Crippen LogP contribution < -0.4 is 19.5 Å². The Morgan fingerprint density at radius 3 is 2.37 bits per heavy atom. The Labute approximate surface area is 176 Å². The quantitative estimate of drug-likeness (QED) is 0.685. The van der Waals surface area contributed by atoms with Gasteiger partial charge in [-0.3, -0.25) is 9.59 Å². The molecule has 30 heavy (non-hydrogen) atoms. The fourth-order valence-electron chi connectivity index (χ4n) is 3.56. The molecule has 1 unspecified atom stereocenters. The van der Waals surface area contributed by atoms with Gasteiger partial charge < -0.3 is 24.4 Å². The van der Waals surface area contributed by atoms with Crippen LogP contribution in [0.1, 0.15) is 17.5 Å². The number of benzene rings is 2. The lowest BCUT2D eigenvalue weighted by atomic mass is 10.1. The van der Waals surface area contributed by atoms with Crippen LogP contribution in [0, 0.1) is 5.92 Å². The maximum Gasteiger partial charge on any atom is 0.225 e. The van der Waals surface area contributed by atoms with E-state index in [2.05, 4.69) is 5.32 Å². The Hall–Kier alpha value is -3.22. The molecule has 0 spiro atoms. The Morgan fingerprint density at radius 2 is 1.70 bits per heavy atom. The van der Waals surface area contributed by atoms with Crippen molar-refractivity contribution in [2.24, 2.45) is 5.92 Å². The summed E-state index contributed by atoms with van der Waals surface area (Å²) in [4.78, 5) is 26.6. The minimum absolute atomic E-state index is 0.00542. The molecule has 1 aliphatic heterocycles. The predicted octanol–water partition coefficient (Wildman–Crippen LogP) is 2.42. The van der Waals surface area contributed by atoms with Gasteiger partial charge in [0.05, 0.1) is 27.2 Å². The number of nitrogens with one attached hydrogen (secondary N) is 1. The second kappa shape index (κ2) is 10.0. The summed E-state index contributed by atoms with van der Waals surface area (Å²) < 4.78 is 15.7. The van der Waals surface area contributed by atoms with Crippen LogP contribution >= 0.6 is 0 Å². The van der Waals surface area contributed by atoms with E-state index in [0.29, 0.717) is 37.6 Å². The van der Waals surface area contributed by atoms with Gasteiger partial charge in [-0.25, -0.2) is 0 Å². The molecule has 0 bridgehead atoms. The maximum absolute atomic E-state index is 12.5. The molecule has 7 nitrogen and oxygen atoms in total. The fourth-order valence-corrected chi connectivity index (χ4v) is 3.56. The average Bonchev–Trinajstić information content (AvgIpc) is 3.14. The SMILES string of the molecule is COc1ccc(CN2CC(C(=O)NCCc3ccc(OC)c(OC)c3)CC2=O)cc1. The minimum Gasteiger partial charge on any atom is -0.497 e. The van der Waals surface area contributed by atoms with Crippen LogP contribution in [0.25, 0.3) is 0 Å². The van der Waals surface area contributed by atoms with E-state index < -0.39 is 0 Å². The summed E-state index contributed by atoms with van der Waals surface area (Å²) in [5.41, 5.74) is 2.05. The number of methoxy groups -OCH3 is 3. The summed E-state index contributed by atoms with van der Waals surface area (Å²) in [7, 11) is 4.81. The van der Waals surface area contributed by atoms with Gasteiger partial charge in [0.25, 0.3) is 0 Å². The highest BCUT2D eigenvalue weighted by molar-refractivity contribution is 5.89. The number of carbonyl (C=O) groups excluding carboxylic acids is 2. The molecule has 2 aromatic carbocycles. The van der Waals surface area contributed by atoms with Gasteiger partial charge in [0.1, 0.15) is 5.75 Å². The lowest BCUT2D eigenvalue weighted by Gasteiger charge is -2.17. The van der Waals surface area contributed by atoms with E-state index in [1.54, 1.807) is 26.2 Å². The lowest BCUT2D eigenvalue weighted by molar-refractivity contribution is -0.129. The molecule has 1 saturated heterocycles. The zero-order valence-electron chi connectivity index (χ0n) is 17.6. The van der Waals surface area contributed by atoms with Crippen molar-refractivity contribution in [1.82, 2.24) is 10.2 Å². The summed E-state index contributed by atoms with van der Waals surface area (Å²) in [5, 5.41) is 2.95. The molecule has 160 valence electrons. The van der Waals surface area contributed by atoms with E-state index >= 15 is 0 Å². The molecule has 0 radical (unpaired) electrons. The van der Waals surface area contributed by atoms with Crippen molar-refractivity contribution in [2.45, 2.75) is 19.4 Å². The number of rotatable bonds is 9. The molecule has 1 N–H and O–H groups in total. The molecule has 7 heteroatoms. The molecular weight excluding hydrogens is 384 g/mol. The van der Waals surface area contributed by atoms with Crippen molar-refractivity contribution in [3.05, 3.63) is 53.6 Å². The Morgan fingerprint density at radius 1 is 1.00 bits per heavy atom. The van der Waals surface area contributed by atoms with Gasteiger partial charge in [-0.15, -0.1) is 0 Å². The monoisotopic (exact) mass is 412 g/mol. The molecule has 1 heterocycles. The molecule has 0 aromatic heterocycles. The molecule has 1 atom stereocenters. The summed E-state index contributed by atoms with van der Waals surface area (Å²) in [5.74, 6) is 1.72. The first-order chi connectivity index (χ1) is 14.5. The van der Waals surface area contributed by atoms with Crippen molar-refractivity contribution >= 4 is 11.8 Å². The molecule has 2 amide bonds. The molecule has 2 aromatic rings. The van der Waals surface area contributed by atoms with Gasteiger partial charge >= 0.3 is 0 Å². The van der Waals surface area contributed by atoms with Crippen molar-refractivity contribution in [3.63, 3.8) is 0 Å². The van der Waals surface area contributed by atoms with Crippen LogP contribution in [-0.4, -0.2) is 51.1 Å².